The first kappa shape index (κ1) is 28.0. The largest absolute Gasteiger partial charge is 0.489 e. The lowest BCUT2D eigenvalue weighted by atomic mass is 9.97. The third kappa shape index (κ3) is 5.77. The third-order valence-corrected chi connectivity index (χ3v) is 8.06. The van der Waals surface area contributed by atoms with E-state index in [1.165, 1.54) is 18.9 Å². The molecule has 1 aliphatic rings. The standard InChI is InChI=1S/C35H33ClFN3O2/c1-22(2)38-35(41)24-13-17-29(23-11-14-26(36)15-12-23)25(19-24)21-42-28-16-18-30(31(37)20-28)34-39-32-9-5-6-10-33(32)40(34)27-7-3-4-8-27/h5-6,9-20,22,27H,3-4,7-8,21H2,1-2H3,(H,38,41). The molecule has 0 aliphatic heterocycles. The number of imidazole rings is 1. The SMILES string of the molecule is CC(C)NC(=O)c1ccc(-c2ccc(Cl)cc2)c(COc2ccc(-c3nc4ccccc4n3C3CCCC3)c(F)c2)c1. The molecule has 1 aromatic heterocycles. The van der Waals surface area contributed by atoms with Crippen LogP contribution in [-0.4, -0.2) is 21.5 Å². The van der Waals surface area contributed by atoms with Gasteiger partial charge in [0.25, 0.3) is 5.91 Å². The minimum absolute atomic E-state index is 0.0106. The lowest BCUT2D eigenvalue weighted by Gasteiger charge is -2.17. The molecule has 5 nitrogen and oxygen atoms in total. The summed E-state index contributed by atoms with van der Waals surface area (Å²) in [5, 5.41) is 3.58. The summed E-state index contributed by atoms with van der Waals surface area (Å²) in [4.78, 5) is 17.6. The monoisotopic (exact) mass is 581 g/mol. The zero-order chi connectivity index (χ0) is 29.2. The van der Waals surface area contributed by atoms with Crippen LogP contribution in [0.2, 0.25) is 5.02 Å². The molecule has 1 fully saturated rings. The Morgan fingerprint density at radius 1 is 1.00 bits per heavy atom. The second-order valence-electron chi connectivity index (χ2n) is 11.2. The van der Waals surface area contributed by atoms with E-state index < -0.39 is 0 Å². The fraction of sp³-hybridized carbons (Fsp3) is 0.257. The molecule has 0 atom stereocenters. The Kier molecular flexibility index (Phi) is 7.98. The molecule has 0 bridgehead atoms. The molecule has 1 aliphatic carbocycles. The van der Waals surface area contributed by atoms with E-state index in [1.807, 2.05) is 68.4 Å². The first-order chi connectivity index (χ1) is 20.4. The maximum absolute atomic E-state index is 15.7. The van der Waals surface area contributed by atoms with Crippen molar-refractivity contribution < 1.29 is 13.9 Å². The summed E-state index contributed by atoms with van der Waals surface area (Å²) < 4.78 is 24.1. The van der Waals surface area contributed by atoms with Crippen LogP contribution < -0.4 is 10.1 Å². The molecule has 7 heteroatoms. The summed E-state index contributed by atoms with van der Waals surface area (Å²) in [6.07, 6.45) is 4.48. The van der Waals surface area contributed by atoms with Crippen LogP contribution in [0.3, 0.4) is 0 Å². The van der Waals surface area contributed by atoms with Crippen LogP contribution in [0.5, 0.6) is 5.75 Å². The molecule has 0 radical (unpaired) electrons. The van der Waals surface area contributed by atoms with Gasteiger partial charge in [0, 0.05) is 28.7 Å². The highest BCUT2D eigenvalue weighted by Crippen LogP contribution is 2.38. The Bertz CT molecular complexity index is 1740. The van der Waals surface area contributed by atoms with E-state index in [9.17, 15) is 4.79 Å². The normalized spacial score (nSPS) is 13.6. The van der Waals surface area contributed by atoms with Crippen LogP contribution in [0.25, 0.3) is 33.5 Å². The van der Waals surface area contributed by atoms with E-state index in [2.05, 4.69) is 16.0 Å². The summed E-state index contributed by atoms with van der Waals surface area (Å²) in [6, 6.07) is 26.4. The number of amides is 1. The maximum atomic E-state index is 15.7. The van der Waals surface area contributed by atoms with Crippen molar-refractivity contribution in [2.24, 2.45) is 0 Å². The van der Waals surface area contributed by atoms with Crippen molar-refractivity contribution in [2.75, 3.05) is 0 Å². The lowest BCUT2D eigenvalue weighted by Crippen LogP contribution is -2.30. The molecule has 6 rings (SSSR count). The number of nitrogens with one attached hydrogen (secondary N) is 1. The zero-order valence-corrected chi connectivity index (χ0v) is 24.5. The minimum atomic E-state index is -0.384. The Balaban J connectivity index is 1.30. The summed E-state index contributed by atoms with van der Waals surface area (Å²) in [6.45, 7) is 4.00. The number of carbonyl (C=O) groups excluding carboxylic acids is 1. The van der Waals surface area contributed by atoms with E-state index in [0.717, 1.165) is 40.6 Å². The number of ether oxygens (including phenoxy) is 1. The second kappa shape index (κ2) is 12.0. The van der Waals surface area contributed by atoms with Gasteiger partial charge in [0.2, 0.25) is 0 Å². The number of carbonyl (C=O) groups is 1. The molecule has 1 amide bonds. The average Bonchev–Trinajstić information content (AvgIpc) is 3.64. The van der Waals surface area contributed by atoms with Gasteiger partial charge in [-0.15, -0.1) is 0 Å². The van der Waals surface area contributed by atoms with Gasteiger partial charge in [0.1, 0.15) is 24.0 Å². The molecule has 4 aromatic carbocycles. The summed E-state index contributed by atoms with van der Waals surface area (Å²) in [5.74, 6) is 0.513. The zero-order valence-electron chi connectivity index (χ0n) is 23.7. The average molecular weight is 582 g/mol. The number of hydrogen-bond donors (Lipinski definition) is 1. The molecule has 1 saturated carbocycles. The fourth-order valence-electron chi connectivity index (χ4n) is 5.81. The summed E-state index contributed by atoms with van der Waals surface area (Å²) >= 11 is 6.12. The van der Waals surface area contributed by atoms with Gasteiger partial charge >= 0.3 is 0 Å². The predicted molar refractivity (Wildman–Crippen MR) is 166 cm³/mol. The molecule has 1 heterocycles. The highest BCUT2D eigenvalue weighted by atomic mass is 35.5. The topological polar surface area (TPSA) is 56.1 Å². The number of nitrogens with zero attached hydrogens (tertiary/aromatic N) is 2. The van der Waals surface area contributed by atoms with E-state index in [4.69, 9.17) is 21.3 Å². The number of aromatic nitrogens is 2. The van der Waals surface area contributed by atoms with E-state index in [0.29, 0.717) is 33.8 Å². The van der Waals surface area contributed by atoms with Crippen LogP contribution in [-0.2, 0) is 6.61 Å². The van der Waals surface area contributed by atoms with E-state index in [1.54, 1.807) is 18.2 Å². The number of fused-ring (bicyclic) bond motifs is 1. The van der Waals surface area contributed by atoms with Crippen molar-refractivity contribution in [3.63, 3.8) is 0 Å². The van der Waals surface area contributed by atoms with Crippen LogP contribution >= 0.6 is 11.6 Å². The molecule has 42 heavy (non-hydrogen) atoms. The van der Waals surface area contributed by atoms with Crippen LogP contribution in [0.4, 0.5) is 4.39 Å². The van der Waals surface area contributed by atoms with Crippen molar-refractivity contribution in [2.45, 2.75) is 58.2 Å². The van der Waals surface area contributed by atoms with Gasteiger partial charge < -0.3 is 14.6 Å². The van der Waals surface area contributed by atoms with Gasteiger partial charge in [-0.3, -0.25) is 4.79 Å². The first-order valence-electron chi connectivity index (χ1n) is 14.5. The van der Waals surface area contributed by atoms with Crippen LogP contribution in [0.15, 0.2) is 84.9 Å². The quantitative estimate of drug-likeness (QED) is 0.199. The van der Waals surface area contributed by atoms with E-state index in [-0.39, 0.29) is 24.4 Å². The lowest BCUT2D eigenvalue weighted by molar-refractivity contribution is 0.0943. The molecule has 214 valence electrons. The number of halogens is 2. The van der Waals surface area contributed by atoms with Crippen LogP contribution in [0, 0.1) is 5.82 Å². The Morgan fingerprint density at radius 2 is 1.74 bits per heavy atom. The highest BCUT2D eigenvalue weighted by molar-refractivity contribution is 6.30. The first-order valence-corrected chi connectivity index (χ1v) is 14.8. The second-order valence-corrected chi connectivity index (χ2v) is 11.6. The molecule has 0 spiro atoms. The van der Waals surface area contributed by atoms with Crippen molar-refractivity contribution >= 4 is 28.5 Å². The van der Waals surface area contributed by atoms with Crippen molar-refractivity contribution in [3.05, 3.63) is 107 Å². The molecular formula is C35H33ClFN3O2. The van der Waals surface area contributed by atoms with Gasteiger partial charge in [0.15, 0.2) is 0 Å². The Hall–Kier alpha value is -4.16. The molecule has 1 N–H and O–H groups in total. The summed E-state index contributed by atoms with van der Waals surface area (Å²) in [5.41, 5.74) is 5.56. The molecular weight excluding hydrogens is 549 g/mol. The predicted octanol–water partition coefficient (Wildman–Crippen LogP) is 9.00. The molecule has 0 saturated heterocycles. The number of benzene rings is 4. The molecule has 0 unspecified atom stereocenters. The van der Waals surface area contributed by atoms with Gasteiger partial charge in [0.05, 0.1) is 16.6 Å². The fourth-order valence-corrected chi connectivity index (χ4v) is 5.93. The number of rotatable bonds is 8. The smallest absolute Gasteiger partial charge is 0.251 e. The Labute approximate surface area is 250 Å². The summed E-state index contributed by atoms with van der Waals surface area (Å²) in [7, 11) is 0. The van der Waals surface area contributed by atoms with Gasteiger partial charge in [-0.1, -0.05) is 54.8 Å². The minimum Gasteiger partial charge on any atom is -0.489 e. The van der Waals surface area contributed by atoms with Gasteiger partial charge in [-0.05, 0) is 91.9 Å². The van der Waals surface area contributed by atoms with Crippen molar-refractivity contribution in [1.82, 2.24) is 14.9 Å². The van der Waals surface area contributed by atoms with Crippen molar-refractivity contribution in [3.8, 4) is 28.3 Å². The van der Waals surface area contributed by atoms with Gasteiger partial charge in [-0.25, -0.2) is 9.37 Å². The van der Waals surface area contributed by atoms with E-state index >= 15 is 4.39 Å². The third-order valence-electron chi connectivity index (χ3n) is 7.80. The maximum Gasteiger partial charge on any atom is 0.251 e. The highest BCUT2D eigenvalue weighted by Gasteiger charge is 2.25. The van der Waals surface area contributed by atoms with Crippen molar-refractivity contribution in [1.29, 1.82) is 0 Å². The number of para-hydroxylation sites is 2. The Morgan fingerprint density at radius 3 is 2.48 bits per heavy atom. The van der Waals surface area contributed by atoms with Crippen LogP contribution in [0.1, 0.15) is 61.5 Å². The number of hydrogen-bond acceptors (Lipinski definition) is 3. The molecule has 5 aromatic rings. The van der Waals surface area contributed by atoms with Gasteiger partial charge in [-0.2, -0.15) is 0 Å².